The van der Waals surface area contributed by atoms with E-state index in [1.165, 1.54) is 0 Å². The molecule has 23 heavy (non-hydrogen) atoms. The van der Waals surface area contributed by atoms with Gasteiger partial charge in [-0.2, -0.15) is 4.31 Å². The van der Waals surface area contributed by atoms with E-state index in [0.717, 1.165) is 25.5 Å². The molecule has 4 rings (SSSR count). The second-order valence-corrected chi connectivity index (χ2v) is 8.24. The van der Waals surface area contributed by atoms with Crippen molar-refractivity contribution in [3.8, 4) is 0 Å². The van der Waals surface area contributed by atoms with Crippen LogP contribution in [0.2, 0.25) is 0 Å². The maximum Gasteiger partial charge on any atom is 0.243 e. The van der Waals surface area contributed by atoms with Crippen LogP contribution in [-0.4, -0.2) is 48.9 Å². The third-order valence-electron chi connectivity index (χ3n) is 4.68. The zero-order valence-electron chi connectivity index (χ0n) is 12.7. The number of sulfonamides is 1. The lowest BCUT2D eigenvalue weighted by Gasteiger charge is -2.46. The first-order chi connectivity index (χ1) is 11.1. The molecule has 7 heteroatoms. The van der Waals surface area contributed by atoms with Gasteiger partial charge in [-0.05, 0) is 24.6 Å². The van der Waals surface area contributed by atoms with Gasteiger partial charge in [0.15, 0.2) is 0 Å². The van der Waals surface area contributed by atoms with Crippen LogP contribution in [0.25, 0.3) is 0 Å². The van der Waals surface area contributed by atoms with E-state index in [-0.39, 0.29) is 5.41 Å². The zero-order chi connectivity index (χ0) is 15.9. The molecule has 1 spiro atoms. The lowest BCUT2D eigenvalue weighted by molar-refractivity contribution is 0.0935. The summed E-state index contributed by atoms with van der Waals surface area (Å²) in [5.74, 6) is 0.730. The van der Waals surface area contributed by atoms with Crippen molar-refractivity contribution in [2.75, 3.05) is 31.1 Å². The van der Waals surface area contributed by atoms with E-state index in [1.54, 1.807) is 47.0 Å². The Morgan fingerprint density at radius 3 is 2.35 bits per heavy atom. The highest BCUT2D eigenvalue weighted by Crippen LogP contribution is 2.42. The highest BCUT2D eigenvalue weighted by molar-refractivity contribution is 7.89. The van der Waals surface area contributed by atoms with E-state index in [9.17, 15) is 8.42 Å². The van der Waals surface area contributed by atoms with Gasteiger partial charge in [0.2, 0.25) is 16.0 Å². The van der Waals surface area contributed by atoms with Gasteiger partial charge in [-0.25, -0.2) is 18.4 Å². The molecule has 2 saturated heterocycles. The Bertz CT molecular complexity index is 789. The molecule has 0 atom stereocenters. The van der Waals surface area contributed by atoms with E-state index < -0.39 is 10.0 Å². The highest BCUT2D eigenvalue weighted by Gasteiger charge is 2.52. The maximum absolute atomic E-state index is 12.6. The van der Waals surface area contributed by atoms with Crippen LogP contribution >= 0.6 is 0 Å². The van der Waals surface area contributed by atoms with Gasteiger partial charge in [0.1, 0.15) is 0 Å². The predicted octanol–water partition coefficient (Wildman–Crippen LogP) is 1.38. The smallest absolute Gasteiger partial charge is 0.243 e. The monoisotopic (exact) mass is 330 g/mol. The second-order valence-electron chi connectivity index (χ2n) is 6.31. The minimum Gasteiger partial charge on any atom is -0.340 e. The summed E-state index contributed by atoms with van der Waals surface area (Å²) in [5, 5.41) is 0. The summed E-state index contributed by atoms with van der Waals surface area (Å²) >= 11 is 0. The minimum atomic E-state index is -3.36. The van der Waals surface area contributed by atoms with Crippen molar-refractivity contribution in [2.45, 2.75) is 11.3 Å². The van der Waals surface area contributed by atoms with Crippen LogP contribution in [0.1, 0.15) is 6.42 Å². The molecular formula is C16H18N4O2S. The lowest BCUT2D eigenvalue weighted by atomic mass is 9.81. The summed E-state index contributed by atoms with van der Waals surface area (Å²) in [6.07, 6.45) is 4.45. The number of hydrogen-bond acceptors (Lipinski definition) is 5. The number of anilines is 1. The molecule has 120 valence electrons. The van der Waals surface area contributed by atoms with Crippen LogP contribution in [0.4, 0.5) is 5.95 Å². The number of hydrogen-bond donors (Lipinski definition) is 0. The summed E-state index contributed by atoms with van der Waals surface area (Å²) in [5.41, 5.74) is 0.0427. The Hall–Kier alpha value is -1.99. The van der Waals surface area contributed by atoms with Crippen LogP contribution < -0.4 is 4.90 Å². The topological polar surface area (TPSA) is 66.4 Å². The molecule has 0 bridgehead atoms. The molecule has 3 heterocycles. The van der Waals surface area contributed by atoms with Crippen LogP contribution in [0.5, 0.6) is 0 Å². The summed E-state index contributed by atoms with van der Waals surface area (Å²) in [4.78, 5) is 11.1. The van der Waals surface area contributed by atoms with E-state index in [0.29, 0.717) is 18.0 Å². The van der Waals surface area contributed by atoms with Crippen molar-refractivity contribution in [2.24, 2.45) is 5.41 Å². The lowest BCUT2D eigenvalue weighted by Crippen LogP contribution is -2.59. The fourth-order valence-electron chi connectivity index (χ4n) is 3.43. The van der Waals surface area contributed by atoms with Gasteiger partial charge in [-0.1, -0.05) is 18.2 Å². The molecule has 0 N–H and O–H groups in total. The van der Waals surface area contributed by atoms with Crippen molar-refractivity contribution >= 4 is 16.0 Å². The Labute approximate surface area is 135 Å². The SMILES string of the molecule is O=S(=O)(c1ccccc1)N1CC2(CCN(c3ncccn3)C2)C1. The van der Waals surface area contributed by atoms with E-state index in [4.69, 9.17) is 0 Å². The summed E-state index contributed by atoms with van der Waals surface area (Å²) in [6.45, 7) is 2.85. The molecule has 0 radical (unpaired) electrons. The first kappa shape index (κ1) is 14.6. The van der Waals surface area contributed by atoms with Crippen molar-refractivity contribution in [1.82, 2.24) is 14.3 Å². The van der Waals surface area contributed by atoms with Gasteiger partial charge in [0.05, 0.1) is 4.90 Å². The van der Waals surface area contributed by atoms with Crippen molar-refractivity contribution in [1.29, 1.82) is 0 Å². The first-order valence-corrected chi connectivity index (χ1v) is 9.10. The number of aromatic nitrogens is 2. The summed E-state index contributed by atoms with van der Waals surface area (Å²) < 4.78 is 26.8. The second kappa shape index (κ2) is 5.28. The zero-order valence-corrected chi connectivity index (χ0v) is 13.5. The first-order valence-electron chi connectivity index (χ1n) is 7.66. The van der Waals surface area contributed by atoms with Crippen molar-refractivity contribution in [3.05, 3.63) is 48.8 Å². The molecule has 1 aromatic heterocycles. The van der Waals surface area contributed by atoms with Gasteiger partial charge in [0.25, 0.3) is 0 Å². The van der Waals surface area contributed by atoms with Gasteiger partial charge >= 0.3 is 0 Å². The third-order valence-corrected chi connectivity index (χ3v) is 6.48. The molecule has 2 aromatic rings. The predicted molar refractivity (Wildman–Crippen MR) is 86.5 cm³/mol. The van der Waals surface area contributed by atoms with Crippen LogP contribution in [0.3, 0.4) is 0 Å². The normalized spacial score (nSPS) is 20.6. The molecule has 2 aliphatic heterocycles. The minimum absolute atomic E-state index is 0.0427. The molecule has 1 aromatic carbocycles. The fourth-order valence-corrected chi connectivity index (χ4v) is 5.12. The van der Waals surface area contributed by atoms with Crippen LogP contribution in [-0.2, 0) is 10.0 Å². The van der Waals surface area contributed by atoms with Gasteiger partial charge in [-0.15, -0.1) is 0 Å². The highest BCUT2D eigenvalue weighted by atomic mass is 32.2. The largest absolute Gasteiger partial charge is 0.340 e. The Morgan fingerprint density at radius 2 is 1.65 bits per heavy atom. The third kappa shape index (κ3) is 2.49. The standard InChI is InChI=1S/C16H18N4O2S/c21-23(22,14-5-2-1-3-6-14)20-12-16(13-20)7-10-19(11-16)15-17-8-4-9-18-15/h1-6,8-9H,7,10-13H2. The average Bonchev–Trinajstić information content (AvgIpc) is 3.01. The van der Waals surface area contributed by atoms with Crippen molar-refractivity contribution in [3.63, 3.8) is 0 Å². The molecule has 2 fully saturated rings. The molecule has 2 aliphatic rings. The fraction of sp³-hybridized carbons (Fsp3) is 0.375. The number of nitrogens with zero attached hydrogens (tertiary/aromatic N) is 4. The van der Waals surface area contributed by atoms with Gasteiger partial charge < -0.3 is 4.90 Å². The molecule has 0 saturated carbocycles. The van der Waals surface area contributed by atoms with E-state index >= 15 is 0 Å². The summed E-state index contributed by atoms with van der Waals surface area (Å²) in [7, 11) is -3.36. The van der Waals surface area contributed by atoms with Crippen molar-refractivity contribution < 1.29 is 8.42 Å². The summed E-state index contributed by atoms with van der Waals surface area (Å²) in [6, 6.07) is 10.4. The average molecular weight is 330 g/mol. The Morgan fingerprint density at radius 1 is 0.957 bits per heavy atom. The number of benzene rings is 1. The number of rotatable bonds is 3. The van der Waals surface area contributed by atoms with Gasteiger partial charge in [0, 0.05) is 44.0 Å². The molecule has 0 unspecified atom stereocenters. The molecule has 0 amide bonds. The van der Waals surface area contributed by atoms with E-state index in [1.807, 2.05) is 6.07 Å². The Balaban J connectivity index is 1.46. The van der Waals surface area contributed by atoms with Crippen LogP contribution in [0, 0.1) is 5.41 Å². The quantitative estimate of drug-likeness (QED) is 0.850. The van der Waals surface area contributed by atoms with Gasteiger partial charge in [-0.3, -0.25) is 0 Å². The van der Waals surface area contributed by atoms with E-state index in [2.05, 4.69) is 14.9 Å². The maximum atomic E-state index is 12.6. The molecular weight excluding hydrogens is 312 g/mol. The molecule has 0 aliphatic carbocycles. The Kier molecular flexibility index (Phi) is 3.35. The van der Waals surface area contributed by atoms with Crippen LogP contribution in [0.15, 0.2) is 53.7 Å². The molecule has 6 nitrogen and oxygen atoms in total.